The van der Waals surface area contributed by atoms with Crippen LogP contribution in [0.1, 0.15) is 18.4 Å². The van der Waals surface area contributed by atoms with Gasteiger partial charge in [0.2, 0.25) is 12.2 Å². The third-order valence-corrected chi connectivity index (χ3v) is 6.96. The third-order valence-electron chi connectivity index (χ3n) is 6.67. The number of aliphatic hydroxyl groups is 3. The average molecular weight is 566 g/mol. The number of fused-ring (bicyclic) bond motifs is 4. The number of pyridine rings is 2. The van der Waals surface area contributed by atoms with Gasteiger partial charge in [-0.2, -0.15) is 18.2 Å². The second-order valence-corrected chi connectivity index (χ2v) is 9.82. The number of ether oxygens (including phenoxy) is 1. The average Bonchev–Trinajstić information content (AvgIpc) is 2.92. The highest BCUT2D eigenvalue weighted by Crippen LogP contribution is 2.43. The standard InChI is InChI=1S/C26H27ClF3N5O4/c27-19-11-20-24(33-23(19)15-4-1-5-16(10-15)26(28,29)30)35(17-6-3-9-34(20)12-17)25(38)32-21-7-2-8-22(31-21)39-14-18(37)13-36/h1-2,4-5,7-8,10-11,17-18,25,36-38H,3,6,9,12-14H2,(H,31,32)/t17-,18-,25?/m0/s1. The Labute approximate surface area is 227 Å². The maximum absolute atomic E-state index is 13.4. The van der Waals surface area contributed by atoms with Crippen LogP contribution in [0.2, 0.25) is 5.02 Å². The van der Waals surface area contributed by atoms with Gasteiger partial charge in [0.15, 0.2) is 5.82 Å². The van der Waals surface area contributed by atoms with E-state index in [-0.39, 0.29) is 40.6 Å². The molecule has 4 N–H and O–H groups in total. The van der Waals surface area contributed by atoms with Crippen molar-refractivity contribution in [2.45, 2.75) is 37.5 Å². The SMILES string of the molecule is OC[C@H](O)COc1cccc(NC(O)N2c3nc(-c4cccc(C(F)(F)F)c4)c(Cl)cc3N3CCC[C@H]2C3)n1. The highest BCUT2D eigenvalue weighted by Gasteiger charge is 2.39. The Morgan fingerprint density at radius 2 is 1.92 bits per heavy atom. The predicted octanol–water partition coefficient (Wildman–Crippen LogP) is 3.72. The van der Waals surface area contributed by atoms with E-state index in [9.17, 15) is 23.4 Å². The number of rotatable bonds is 8. The van der Waals surface area contributed by atoms with Crippen LogP contribution >= 0.6 is 11.6 Å². The summed E-state index contributed by atoms with van der Waals surface area (Å²) in [5, 5.41) is 33.0. The molecule has 0 radical (unpaired) electrons. The number of hydrogen-bond donors (Lipinski definition) is 4. The number of piperidine rings is 1. The molecule has 1 aromatic carbocycles. The summed E-state index contributed by atoms with van der Waals surface area (Å²) in [4.78, 5) is 12.8. The van der Waals surface area contributed by atoms with Crippen LogP contribution in [0, 0.1) is 0 Å². The molecule has 208 valence electrons. The molecule has 5 rings (SSSR count). The Morgan fingerprint density at radius 3 is 2.69 bits per heavy atom. The Hall–Kier alpha value is -3.32. The van der Waals surface area contributed by atoms with Crippen LogP contribution in [0.3, 0.4) is 0 Å². The van der Waals surface area contributed by atoms with Crippen LogP contribution in [-0.2, 0) is 6.18 Å². The number of benzene rings is 1. The van der Waals surface area contributed by atoms with Crippen molar-refractivity contribution >= 4 is 28.9 Å². The van der Waals surface area contributed by atoms with Gasteiger partial charge in [0, 0.05) is 24.7 Å². The number of halogens is 4. The summed E-state index contributed by atoms with van der Waals surface area (Å²) in [6, 6.07) is 11.2. The molecule has 0 aliphatic carbocycles. The number of nitrogens with zero attached hydrogens (tertiary/aromatic N) is 4. The monoisotopic (exact) mass is 565 g/mol. The van der Waals surface area contributed by atoms with Crippen LogP contribution < -0.4 is 19.9 Å². The van der Waals surface area contributed by atoms with E-state index in [1.54, 1.807) is 29.2 Å². The van der Waals surface area contributed by atoms with Gasteiger partial charge in [0.05, 0.1) is 34.6 Å². The molecule has 4 heterocycles. The number of hydrogen-bond acceptors (Lipinski definition) is 9. The minimum absolute atomic E-state index is 0.129. The van der Waals surface area contributed by atoms with Gasteiger partial charge in [-0.3, -0.25) is 0 Å². The Kier molecular flexibility index (Phi) is 7.72. The Morgan fingerprint density at radius 1 is 1.13 bits per heavy atom. The van der Waals surface area contributed by atoms with Gasteiger partial charge in [-0.1, -0.05) is 29.8 Å². The van der Waals surface area contributed by atoms with Crippen LogP contribution in [0.25, 0.3) is 11.3 Å². The van der Waals surface area contributed by atoms with Crippen LogP contribution in [0.15, 0.2) is 48.5 Å². The molecule has 2 aliphatic rings. The first-order chi connectivity index (χ1) is 18.6. The van der Waals surface area contributed by atoms with E-state index in [2.05, 4.69) is 15.2 Å². The van der Waals surface area contributed by atoms with E-state index in [0.29, 0.717) is 18.1 Å². The molecular formula is C26H27ClF3N5O4. The van der Waals surface area contributed by atoms with E-state index < -0.39 is 30.8 Å². The van der Waals surface area contributed by atoms with Crippen molar-refractivity contribution in [2.24, 2.45) is 0 Å². The molecular weight excluding hydrogens is 539 g/mol. The van der Waals surface area contributed by atoms with Crippen LogP contribution in [-0.4, -0.2) is 70.1 Å². The van der Waals surface area contributed by atoms with Crippen LogP contribution in [0.5, 0.6) is 5.88 Å². The molecule has 2 bridgehead atoms. The van der Waals surface area contributed by atoms with Gasteiger partial charge in [-0.15, -0.1) is 0 Å². The molecule has 3 atom stereocenters. The molecule has 0 spiro atoms. The zero-order chi connectivity index (χ0) is 27.7. The van der Waals surface area contributed by atoms with Crippen LogP contribution in [0.4, 0.5) is 30.5 Å². The Balaban J connectivity index is 1.47. The lowest BCUT2D eigenvalue weighted by atomic mass is 9.99. The summed E-state index contributed by atoms with van der Waals surface area (Å²) in [5.41, 5.74) is 0.253. The van der Waals surface area contributed by atoms with Crippen molar-refractivity contribution < 1.29 is 33.2 Å². The lowest BCUT2D eigenvalue weighted by Gasteiger charge is -2.48. The van der Waals surface area contributed by atoms with Crippen molar-refractivity contribution in [1.82, 2.24) is 9.97 Å². The van der Waals surface area contributed by atoms with Crippen molar-refractivity contribution in [2.75, 3.05) is 41.4 Å². The lowest BCUT2D eigenvalue weighted by Crippen LogP contribution is -2.58. The molecule has 13 heteroatoms. The van der Waals surface area contributed by atoms with Gasteiger partial charge in [-0.25, -0.2) is 4.98 Å². The zero-order valence-corrected chi connectivity index (χ0v) is 21.4. The highest BCUT2D eigenvalue weighted by molar-refractivity contribution is 6.33. The van der Waals surface area contributed by atoms with E-state index >= 15 is 0 Å². The molecule has 3 aromatic rings. The fraction of sp³-hybridized carbons (Fsp3) is 0.385. The van der Waals surface area contributed by atoms with E-state index in [1.165, 1.54) is 12.1 Å². The van der Waals surface area contributed by atoms with Crippen molar-refractivity contribution in [3.63, 3.8) is 0 Å². The van der Waals surface area contributed by atoms with E-state index in [0.717, 1.165) is 31.5 Å². The number of aromatic nitrogens is 2. The summed E-state index contributed by atoms with van der Waals surface area (Å²) in [7, 11) is 0. The fourth-order valence-electron chi connectivity index (χ4n) is 4.84. The molecule has 2 aliphatic heterocycles. The second-order valence-electron chi connectivity index (χ2n) is 9.42. The normalized spacial score (nSPS) is 18.4. The molecule has 0 amide bonds. The number of nitrogens with one attached hydrogen (secondary N) is 1. The third kappa shape index (κ3) is 5.83. The van der Waals surface area contributed by atoms with Crippen molar-refractivity contribution in [3.8, 4) is 17.1 Å². The molecule has 39 heavy (non-hydrogen) atoms. The fourth-order valence-corrected chi connectivity index (χ4v) is 5.09. The van der Waals surface area contributed by atoms with E-state index in [1.807, 2.05) is 0 Å². The molecule has 1 fully saturated rings. The predicted molar refractivity (Wildman–Crippen MR) is 140 cm³/mol. The first kappa shape index (κ1) is 27.3. The zero-order valence-electron chi connectivity index (χ0n) is 20.6. The number of aliphatic hydroxyl groups excluding tert-OH is 3. The number of anilines is 3. The minimum atomic E-state index is -4.52. The second kappa shape index (κ2) is 11.0. The van der Waals surface area contributed by atoms with Gasteiger partial charge in [0.1, 0.15) is 18.5 Å². The van der Waals surface area contributed by atoms with Gasteiger partial charge in [0.25, 0.3) is 0 Å². The molecule has 0 saturated carbocycles. The summed E-state index contributed by atoms with van der Waals surface area (Å²) < 4.78 is 45.5. The number of alkyl halides is 3. The molecule has 9 nitrogen and oxygen atoms in total. The smallest absolute Gasteiger partial charge is 0.416 e. The maximum Gasteiger partial charge on any atom is 0.416 e. The first-order valence-corrected chi connectivity index (χ1v) is 12.8. The highest BCUT2D eigenvalue weighted by atomic mass is 35.5. The summed E-state index contributed by atoms with van der Waals surface area (Å²) in [6.07, 6.45) is -5.23. The summed E-state index contributed by atoms with van der Waals surface area (Å²) in [6.45, 7) is 0.767. The van der Waals surface area contributed by atoms with Crippen molar-refractivity contribution in [1.29, 1.82) is 0 Å². The summed E-state index contributed by atoms with van der Waals surface area (Å²) >= 11 is 6.55. The topological polar surface area (TPSA) is 114 Å². The minimum Gasteiger partial charge on any atom is -0.475 e. The quantitative estimate of drug-likeness (QED) is 0.303. The van der Waals surface area contributed by atoms with Gasteiger partial charge in [-0.05, 0) is 37.1 Å². The van der Waals surface area contributed by atoms with Gasteiger partial charge < -0.3 is 35.2 Å². The van der Waals surface area contributed by atoms with Crippen molar-refractivity contribution in [3.05, 3.63) is 59.1 Å². The first-order valence-electron chi connectivity index (χ1n) is 12.4. The molecule has 2 aromatic heterocycles. The Bertz CT molecular complexity index is 1330. The largest absolute Gasteiger partial charge is 0.475 e. The maximum atomic E-state index is 13.4. The molecule has 1 unspecified atom stereocenters. The molecule has 1 saturated heterocycles. The lowest BCUT2D eigenvalue weighted by molar-refractivity contribution is -0.137. The summed E-state index contributed by atoms with van der Waals surface area (Å²) in [5.74, 6) is 0.853. The van der Waals surface area contributed by atoms with Gasteiger partial charge >= 0.3 is 6.18 Å². The van der Waals surface area contributed by atoms with E-state index in [4.69, 9.17) is 26.4 Å².